The van der Waals surface area contributed by atoms with E-state index in [1.807, 2.05) is 78.2 Å². The molecule has 0 bridgehead atoms. The van der Waals surface area contributed by atoms with Crippen LogP contribution >= 0.6 is 0 Å². The second kappa shape index (κ2) is 41.3. The van der Waals surface area contributed by atoms with Crippen molar-refractivity contribution in [2.75, 3.05) is 70.8 Å². The van der Waals surface area contributed by atoms with E-state index in [9.17, 15) is 77.8 Å². The number of rotatable bonds is 10. The van der Waals surface area contributed by atoms with Gasteiger partial charge < -0.3 is 64.3 Å². The first kappa shape index (κ1) is 99.7. The van der Waals surface area contributed by atoms with Crippen molar-refractivity contribution in [2.24, 2.45) is 23.8 Å². The van der Waals surface area contributed by atoms with Gasteiger partial charge in [0.25, 0.3) is 0 Å². The summed E-state index contributed by atoms with van der Waals surface area (Å²) >= 11 is 0. The number of nitrogens with one attached hydrogen (secondary N) is 2. The molecule has 27 nitrogen and oxygen atoms in total. The summed E-state index contributed by atoms with van der Waals surface area (Å²) < 4.78 is 163. The Hall–Kier alpha value is -12.1. The maximum absolute atomic E-state index is 14.2. The van der Waals surface area contributed by atoms with E-state index in [1.165, 1.54) is 49.9 Å². The number of nitrogens with zero attached hydrogens (tertiary/aromatic N) is 12. The number of aromatic nitrogens is 4. The third-order valence-corrected chi connectivity index (χ3v) is 20.8. The first-order valence-corrected chi connectivity index (χ1v) is 41.5. The highest BCUT2D eigenvalue weighted by molar-refractivity contribution is 5.91. The van der Waals surface area contributed by atoms with Crippen LogP contribution in [0.15, 0.2) is 139 Å². The quantitative estimate of drug-likeness (QED) is 0.0325. The second-order valence-electron chi connectivity index (χ2n) is 37.0. The molecule has 7 heterocycles. The number of anilines is 1. The van der Waals surface area contributed by atoms with Gasteiger partial charge in [-0.15, -0.1) is 0 Å². The summed E-state index contributed by atoms with van der Waals surface area (Å²) in [6.45, 7) is 33.1. The summed E-state index contributed by atoms with van der Waals surface area (Å²) in [4.78, 5) is 84.8. The van der Waals surface area contributed by atoms with Crippen LogP contribution in [0.4, 0.5) is 78.5 Å². The van der Waals surface area contributed by atoms with Crippen molar-refractivity contribution in [3.05, 3.63) is 236 Å². The van der Waals surface area contributed by atoms with E-state index in [0.717, 1.165) is 71.4 Å². The van der Waals surface area contributed by atoms with E-state index in [-0.39, 0.29) is 69.2 Å². The van der Waals surface area contributed by atoms with E-state index < -0.39 is 153 Å². The Morgan fingerprint density at radius 1 is 0.461 bits per heavy atom. The van der Waals surface area contributed by atoms with Crippen LogP contribution in [0.25, 0.3) is 27.4 Å². The van der Waals surface area contributed by atoms with Crippen LogP contribution in [0.2, 0.25) is 0 Å². The SMILES string of the molecule is CC(C)(C)OC(=O)N1C[C@@H](O)[C@H](c2ccc(F)c(F)c2)C1.CC(C)(C)OC(=O)N1C[C@H](N)[C@H](c2ccc(F)c(F)c2)C1.CC(C)(C)OC(=O)N1C[C@H](N=[N+]=[N-])[C@H](c2ccc(F)c(F)c2)C1.C[C@@H]1CN(C(=O)OC(C)(C)C)C[C@H]1c1ccc(F)c(F)c1.Cc1c(-c2cnn(C)c2)nn(-c2ccccc2)c1NC(=O)N[C@H]1CN(C(=O)OC(C)(C)C)C[C@H]1c1ccc(F)c(F)c1. The predicted octanol–water partition coefficient (Wildman–Crippen LogP) is 18.6. The number of benzene rings is 6. The Labute approximate surface area is 736 Å². The summed E-state index contributed by atoms with van der Waals surface area (Å²) in [7, 11) is 1.81. The van der Waals surface area contributed by atoms with Crippen molar-refractivity contribution in [2.45, 2.75) is 200 Å². The van der Waals surface area contributed by atoms with Crippen LogP contribution in [0, 0.1) is 71.0 Å². The molecule has 5 N–H and O–H groups in total. The molecule has 8 aromatic rings. The number of β-amino-alcohol motifs (C(OH)–C–C–N with tert-alkyl or cyclic N) is 1. The van der Waals surface area contributed by atoms with Crippen molar-refractivity contribution in [1.29, 1.82) is 0 Å². The van der Waals surface area contributed by atoms with Gasteiger partial charge in [-0.3, -0.25) is 10.00 Å². The van der Waals surface area contributed by atoms with Gasteiger partial charge in [0, 0.05) is 124 Å². The number of carbonyl (C=O) groups is 6. The van der Waals surface area contributed by atoms with Gasteiger partial charge in [0.1, 0.15) is 39.5 Å². The van der Waals surface area contributed by atoms with Crippen molar-refractivity contribution in [1.82, 2.24) is 49.4 Å². The molecule has 13 rings (SSSR count). The van der Waals surface area contributed by atoms with Gasteiger partial charge in [0.05, 0.1) is 36.6 Å². The largest absolute Gasteiger partial charge is 0.444 e. The molecule has 0 unspecified atom stereocenters. The first-order chi connectivity index (χ1) is 59.6. The number of halogens is 10. The Balaban J connectivity index is 0.000000188. The Kier molecular flexibility index (Phi) is 32.2. The average Bonchev–Trinajstić information content (AvgIpc) is 1.63. The third-order valence-electron chi connectivity index (χ3n) is 20.8. The maximum Gasteiger partial charge on any atom is 0.410 e. The van der Waals surface area contributed by atoms with Gasteiger partial charge in [0.2, 0.25) is 0 Å². The standard InChI is InChI=1S/C30H33F2N7O3.C16H21F2NO2.C15H18F2N4O2.C15H20F2N2O2.C15H19F2NO3/c1-18-26(20-14-33-37(5)15-20)36-39(21-9-7-6-8-10-21)27(18)35-28(40)34-25-17-38(29(41)42-30(2,3)4)16-22(25)19-11-12-23(31)24(32)13-19;1-10-8-19(15(20)21-16(2,3)4)9-12(10)11-5-6-13(17)14(18)7-11;1-15(2,3)23-14(22)21-7-10(13(8-21)19-20-18)9-4-5-11(16)12(17)6-9;1-15(2,3)21-14(20)19-7-10(13(18)8-19)9-4-5-11(16)12(17)6-9;1-15(2,3)21-14(20)18-7-10(13(19)8-18)9-4-5-11(16)12(17)6-9/h6-15,22,25H,16-17H2,1-5H3,(H2,34,35,40);5-7,10,12H,8-9H2,1-4H3;4-6,10,13H,7-8H2,1-3H3;4-6,10,13H,7-8,18H2,1-3H3;4-6,10,13,19H,7-8H2,1-3H3/t22-,25-;10-,12-;2*10-,13-;10-,13+/m01000/s1. The highest BCUT2D eigenvalue weighted by atomic mass is 19.2. The first-order valence-electron chi connectivity index (χ1n) is 41.5. The number of nitrogens with two attached hydrogens (primary N) is 1. The van der Waals surface area contributed by atoms with Gasteiger partial charge >= 0.3 is 36.5 Å². The lowest BCUT2D eigenvalue weighted by Gasteiger charge is -2.24. The van der Waals surface area contributed by atoms with Gasteiger partial charge in [0.15, 0.2) is 58.2 Å². The molecule has 0 aliphatic carbocycles. The summed E-state index contributed by atoms with van der Waals surface area (Å²) in [6, 6.07) is 25.6. The normalized spacial score (nSPS) is 20.4. The average molecular weight is 1800 g/mol. The lowest BCUT2D eigenvalue weighted by Crippen LogP contribution is -2.43. The monoisotopic (exact) mass is 1800 g/mol. The topological polar surface area (TPSA) is 319 Å². The van der Waals surface area contributed by atoms with Crippen LogP contribution in [0.3, 0.4) is 0 Å². The molecule has 5 fully saturated rings. The van der Waals surface area contributed by atoms with Crippen LogP contribution < -0.4 is 16.4 Å². The van der Waals surface area contributed by atoms with Crippen molar-refractivity contribution >= 4 is 42.3 Å². The summed E-state index contributed by atoms with van der Waals surface area (Å²) in [5.41, 5.74) is 17.2. The van der Waals surface area contributed by atoms with Gasteiger partial charge in [-0.25, -0.2) is 77.4 Å². The number of aryl methyl sites for hydroxylation is 1. The highest BCUT2D eigenvalue weighted by Gasteiger charge is 2.44. The van der Waals surface area contributed by atoms with Crippen LogP contribution in [-0.2, 0) is 30.7 Å². The van der Waals surface area contributed by atoms with E-state index in [4.69, 9.17) is 40.0 Å². The molecule has 5 aliphatic heterocycles. The fourth-order valence-electron chi connectivity index (χ4n) is 14.9. The number of aliphatic hydroxyl groups excluding tert-OH is 1. The molecule has 0 radical (unpaired) electrons. The molecular formula is C91H111F10N15O12. The highest BCUT2D eigenvalue weighted by Crippen LogP contribution is 2.39. The number of ether oxygens (including phenoxy) is 5. The molecule has 7 amide bonds. The van der Waals surface area contributed by atoms with Crippen LogP contribution in [-0.4, -0.2) is 203 Å². The van der Waals surface area contributed by atoms with Gasteiger partial charge in [-0.05, 0) is 223 Å². The molecule has 0 saturated carbocycles. The number of hydrogen-bond acceptors (Lipinski definition) is 16. The zero-order valence-corrected chi connectivity index (χ0v) is 74.7. The molecule has 2 aromatic heterocycles. The lowest BCUT2D eigenvalue weighted by molar-refractivity contribution is 0.0263. The summed E-state index contributed by atoms with van der Waals surface area (Å²) in [5, 5.41) is 28.6. The number of hydrogen-bond donors (Lipinski definition) is 4. The van der Waals surface area contributed by atoms with E-state index >= 15 is 0 Å². The number of amides is 7. The van der Waals surface area contributed by atoms with Crippen molar-refractivity contribution in [3.8, 4) is 16.9 Å². The molecular weight excluding hydrogens is 1690 g/mol. The third kappa shape index (κ3) is 27.5. The fourth-order valence-corrected chi connectivity index (χ4v) is 14.9. The molecule has 10 atom stereocenters. The maximum atomic E-state index is 14.2. The number of likely N-dealkylation sites (tertiary alicyclic amines) is 5. The fraction of sp³-hybridized carbons (Fsp3) is 0.473. The Morgan fingerprint density at radius 2 is 0.812 bits per heavy atom. The van der Waals surface area contributed by atoms with Crippen LogP contribution in [0.1, 0.15) is 174 Å². The number of azide groups is 1. The van der Waals surface area contributed by atoms with E-state index in [2.05, 4.69) is 25.8 Å². The molecule has 5 saturated heterocycles. The zero-order valence-electron chi connectivity index (χ0n) is 74.7. The minimum atomic E-state index is -1.00. The zero-order chi connectivity index (χ0) is 94.7. The minimum Gasteiger partial charge on any atom is -0.444 e. The lowest BCUT2D eigenvalue weighted by atomic mass is 9.90. The number of carbonyl (C=O) groups excluding carboxylic acids is 6. The smallest absolute Gasteiger partial charge is 0.410 e. The number of aliphatic hydroxyl groups is 1. The van der Waals surface area contributed by atoms with Crippen molar-refractivity contribution < 1.29 is 101 Å². The minimum absolute atomic E-state index is 0.00683. The summed E-state index contributed by atoms with van der Waals surface area (Å²) in [6.07, 6.45) is 0.297. The second-order valence-corrected chi connectivity index (χ2v) is 37.0. The van der Waals surface area contributed by atoms with Gasteiger partial charge in [-0.2, -0.15) is 10.2 Å². The van der Waals surface area contributed by atoms with Gasteiger partial charge in [-0.1, -0.05) is 60.6 Å². The number of urea groups is 1. The Morgan fingerprint density at radius 3 is 1.22 bits per heavy atom. The molecule has 692 valence electrons. The van der Waals surface area contributed by atoms with Crippen LogP contribution in [0.5, 0.6) is 0 Å². The summed E-state index contributed by atoms with van der Waals surface area (Å²) in [5.74, 6) is -10.3. The molecule has 5 aliphatic rings. The predicted molar refractivity (Wildman–Crippen MR) is 457 cm³/mol. The molecule has 0 spiro atoms. The van der Waals surface area contributed by atoms with E-state index in [0.29, 0.717) is 65.5 Å². The number of para-hydroxylation sites is 1. The molecule has 6 aromatic carbocycles. The van der Waals surface area contributed by atoms with Crippen molar-refractivity contribution in [3.63, 3.8) is 0 Å². The molecule has 128 heavy (non-hydrogen) atoms. The Bertz CT molecular complexity index is 5090. The van der Waals surface area contributed by atoms with E-state index in [1.54, 1.807) is 110 Å². The molecule has 37 heteroatoms.